The van der Waals surface area contributed by atoms with Gasteiger partial charge in [0.25, 0.3) is 0 Å². The highest BCUT2D eigenvalue weighted by atomic mass is 32.2. The molecular weight excluding hydrogens is 242 g/mol. The summed E-state index contributed by atoms with van der Waals surface area (Å²) in [5.41, 5.74) is 0. The van der Waals surface area contributed by atoms with E-state index in [2.05, 4.69) is 35.2 Å². The first-order valence-corrected chi connectivity index (χ1v) is 7.88. The lowest BCUT2D eigenvalue weighted by molar-refractivity contribution is 0.154. The van der Waals surface area contributed by atoms with Crippen LogP contribution in [0.15, 0.2) is 35.2 Å². The van der Waals surface area contributed by atoms with Gasteiger partial charge in [-0.05, 0) is 43.9 Å². The van der Waals surface area contributed by atoms with Gasteiger partial charge in [0.1, 0.15) is 0 Å². The number of piperidine rings is 1. The van der Waals surface area contributed by atoms with Gasteiger partial charge in [-0.15, -0.1) is 11.8 Å². The Balaban J connectivity index is 1.67. The van der Waals surface area contributed by atoms with E-state index in [4.69, 9.17) is 5.11 Å². The molecule has 18 heavy (non-hydrogen) atoms. The first kappa shape index (κ1) is 13.9. The van der Waals surface area contributed by atoms with E-state index in [1.165, 1.54) is 37.4 Å². The van der Waals surface area contributed by atoms with Crippen LogP contribution in [0.4, 0.5) is 0 Å². The lowest BCUT2D eigenvalue weighted by Gasteiger charge is -2.32. The van der Waals surface area contributed by atoms with E-state index in [-0.39, 0.29) is 0 Å². The largest absolute Gasteiger partial charge is 0.396 e. The monoisotopic (exact) mass is 265 g/mol. The van der Waals surface area contributed by atoms with Crippen molar-refractivity contribution in [1.82, 2.24) is 4.90 Å². The zero-order chi connectivity index (χ0) is 12.6. The number of nitrogens with zero attached hydrogens (tertiary/aromatic N) is 1. The molecule has 0 spiro atoms. The van der Waals surface area contributed by atoms with E-state index in [1.807, 2.05) is 11.8 Å². The molecule has 0 aliphatic carbocycles. The number of benzene rings is 1. The molecule has 0 bridgehead atoms. The Bertz CT molecular complexity index is 329. The van der Waals surface area contributed by atoms with Crippen LogP contribution in [-0.4, -0.2) is 42.0 Å². The number of hydrogen-bond donors (Lipinski definition) is 1. The van der Waals surface area contributed by atoms with Gasteiger partial charge >= 0.3 is 0 Å². The summed E-state index contributed by atoms with van der Waals surface area (Å²) >= 11 is 1.94. The third-order valence-corrected chi connectivity index (χ3v) is 4.55. The molecule has 2 rings (SSSR count). The summed E-state index contributed by atoms with van der Waals surface area (Å²) in [5.74, 6) is 1.88. The van der Waals surface area contributed by atoms with Crippen molar-refractivity contribution in [2.75, 3.05) is 32.0 Å². The molecular formula is C15H23NOS. The quantitative estimate of drug-likeness (QED) is 0.800. The van der Waals surface area contributed by atoms with Crippen LogP contribution in [0.5, 0.6) is 0 Å². The minimum absolute atomic E-state index is 0.345. The molecule has 0 amide bonds. The number of hydrogen-bond acceptors (Lipinski definition) is 3. The molecule has 0 radical (unpaired) electrons. The van der Waals surface area contributed by atoms with Gasteiger partial charge in [-0.3, -0.25) is 0 Å². The smallest absolute Gasteiger partial charge is 0.0434 e. The topological polar surface area (TPSA) is 23.5 Å². The van der Waals surface area contributed by atoms with Crippen molar-refractivity contribution >= 4 is 11.8 Å². The minimum atomic E-state index is 0.345. The zero-order valence-corrected chi connectivity index (χ0v) is 11.7. The van der Waals surface area contributed by atoms with Crippen molar-refractivity contribution < 1.29 is 5.11 Å². The van der Waals surface area contributed by atoms with Crippen molar-refractivity contribution in [2.24, 2.45) is 5.92 Å². The van der Waals surface area contributed by atoms with E-state index >= 15 is 0 Å². The Labute approximate surface area is 114 Å². The van der Waals surface area contributed by atoms with Crippen LogP contribution in [0.1, 0.15) is 19.3 Å². The molecule has 1 N–H and O–H groups in total. The third-order valence-electron chi connectivity index (χ3n) is 3.56. The summed E-state index contributed by atoms with van der Waals surface area (Å²) in [6, 6.07) is 10.6. The predicted molar refractivity (Wildman–Crippen MR) is 78.0 cm³/mol. The van der Waals surface area contributed by atoms with Crippen LogP contribution in [-0.2, 0) is 0 Å². The molecule has 1 saturated heterocycles. The second kappa shape index (κ2) is 7.82. The summed E-state index contributed by atoms with van der Waals surface area (Å²) < 4.78 is 0. The molecule has 0 aromatic heterocycles. The fraction of sp³-hybridized carbons (Fsp3) is 0.600. The third kappa shape index (κ3) is 4.63. The maximum atomic E-state index is 9.01. The fourth-order valence-corrected chi connectivity index (χ4v) is 3.52. The van der Waals surface area contributed by atoms with Gasteiger partial charge < -0.3 is 10.0 Å². The number of aliphatic hydroxyl groups excluding tert-OH is 1. The number of likely N-dealkylation sites (tertiary alicyclic amines) is 1. The first-order valence-electron chi connectivity index (χ1n) is 6.89. The molecule has 1 aliphatic rings. The zero-order valence-electron chi connectivity index (χ0n) is 10.9. The van der Waals surface area contributed by atoms with E-state index in [1.54, 1.807) is 0 Å². The highest BCUT2D eigenvalue weighted by Crippen LogP contribution is 2.21. The van der Waals surface area contributed by atoms with Gasteiger partial charge in [0, 0.05) is 30.3 Å². The van der Waals surface area contributed by atoms with Gasteiger partial charge in [0.05, 0.1) is 0 Å². The molecule has 1 atom stereocenters. The van der Waals surface area contributed by atoms with Crippen LogP contribution in [0, 0.1) is 5.92 Å². The first-order chi connectivity index (χ1) is 8.88. The number of rotatable bonds is 6. The average molecular weight is 265 g/mol. The molecule has 1 unspecified atom stereocenters. The van der Waals surface area contributed by atoms with Crippen LogP contribution >= 0.6 is 11.8 Å². The predicted octanol–water partition coefficient (Wildman–Crippen LogP) is 2.87. The standard InChI is InChI=1S/C15H23NOS/c17-11-8-14-5-4-9-16(13-14)10-12-18-15-6-2-1-3-7-15/h1-3,6-7,14,17H,4-5,8-13H2. The van der Waals surface area contributed by atoms with Crippen molar-refractivity contribution in [3.63, 3.8) is 0 Å². The minimum Gasteiger partial charge on any atom is -0.396 e. The SMILES string of the molecule is OCCC1CCCN(CCSc2ccccc2)C1. The molecule has 1 aliphatic heterocycles. The highest BCUT2D eigenvalue weighted by Gasteiger charge is 2.18. The molecule has 0 saturated carbocycles. The average Bonchev–Trinajstić information content (AvgIpc) is 2.41. The molecule has 3 heteroatoms. The summed E-state index contributed by atoms with van der Waals surface area (Å²) in [7, 11) is 0. The van der Waals surface area contributed by atoms with Crippen LogP contribution < -0.4 is 0 Å². The van der Waals surface area contributed by atoms with Crippen molar-refractivity contribution in [3.05, 3.63) is 30.3 Å². The maximum Gasteiger partial charge on any atom is 0.0434 e. The lowest BCUT2D eigenvalue weighted by Crippen LogP contribution is -2.37. The molecule has 100 valence electrons. The van der Waals surface area contributed by atoms with Crippen LogP contribution in [0.2, 0.25) is 0 Å². The Morgan fingerprint density at radius 1 is 1.28 bits per heavy atom. The molecule has 1 heterocycles. The van der Waals surface area contributed by atoms with E-state index in [9.17, 15) is 0 Å². The summed E-state index contributed by atoms with van der Waals surface area (Å²) in [4.78, 5) is 3.92. The van der Waals surface area contributed by atoms with Gasteiger partial charge in [-0.2, -0.15) is 0 Å². The van der Waals surface area contributed by atoms with Crippen molar-refractivity contribution in [3.8, 4) is 0 Å². The Morgan fingerprint density at radius 2 is 2.11 bits per heavy atom. The second-order valence-corrected chi connectivity index (χ2v) is 6.15. The Hall–Kier alpha value is -0.510. The number of thioether (sulfide) groups is 1. The van der Waals surface area contributed by atoms with Gasteiger partial charge in [-0.25, -0.2) is 0 Å². The van der Waals surface area contributed by atoms with Crippen LogP contribution in [0.3, 0.4) is 0 Å². The van der Waals surface area contributed by atoms with E-state index in [0.717, 1.165) is 12.2 Å². The van der Waals surface area contributed by atoms with Gasteiger partial charge in [0.15, 0.2) is 0 Å². The fourth-order valence-electron chi connectivity index (χ4n) is 2.58. The van der Waals surface area contributed by atoms with Crippen molar-refractivity contribution in [1.29, 1.82) is 0 Å². The molecule has 2 nitrogen and oxygen atoms in total. The normalized spacial score (nSPS) is 21.1. The lowest BCUT2D eigenvalue weighted by atomic mass is 9.95. The highest BCUT2D eigenvalue weighted by molar-refractivity contribution is 7.99. The molecule has 1 fully saturated rings. The van der Waals surface area contributed by atoms with Gasteiger partial charge in [0.2, 0.25) is 0 Å². The maximum absolute atomic E-state index is 9.01. The molecule has 1 aromatic rings. The van der Waals surface area contributed by atoms with Gasteiger partial charge in [-0.1, -0.05) is 18.2 Å². The van der Waals surface area contributed by atoms with Crippen molar-refractivity contribution in [2.45, 2.75) is 24.2 Å². The number of aliphatic hydroxyl groups is 1. The van der Waals surface area contributed by atoms with E-state index < -0.39 is 0 Å². The summed E-state index contributed by atoms with van der Waals surface area (Å²) in [5, 5.41) is 9.01. The Kier molecular flexibility index (Phi) is 6.05. The van der Waals surface area contributed by atoms with E-state index in [0.29, 0.717) is 12.5 Å². The second-order valence-electron chi connectivity index (χ2n) is 4.98. The molecule has 1 aromatic carbocycles. The van der Waals surface area contributed by atoms with Crippen LogP contribution in [0.25, 0.3) is 0 Å². The summed E-state index contributed by atoms with van der Waals surface area (Å²) in [6.45, 7) is 3.92. The summed E-state index contributed by atoms with van der Waals surface area (Å²) in [6.07, 6.45) is 3.56. The Morgan fingerprint density at radius 3 is 2.89 bits per heavy atom.